The first kappa shape index (κ1) is 12.0. The smallest absolute Gasteiger partial charge is 0.253 e. The van der Waals surface area contributed by atoms with Gasteiger partial charge in [0.25, 0.3) is 5.91 Å². The number of amides is 1. The van der Waals surface area contributed by atoms with Crippen LogP contribution in [0.4, 0.5) is 5.69 Å². The van der Waals surface area contributed by atoms with Gasteiger partial charge in [-0.15, -0.1) is 0 Å². The number of aromatic nitrogens is 3. The number of rotatable bonds is 3. The predicted octanol–water partition coefficient (Wildman–Crippen LogP) is 0.594. The maximum Gasteiger partial charge on any atom is 0.253 e. The average molecular weight is 247 g/mol. The number of nitrogens with one attached hydrogen (secondary N) is 1. The van der Waals surface area contributed by atoms with Crippen molar-refractivity contribution in [3.63, 3.8) is 0 Å². The molecule has 7 nitrogen and oxygen atoms in total. The SMILES string of the molecule is Cc1nc(CNC(=O)c2cc(N)cnc2C)no1. The number of pyridine rings is 1. The predicted molar refractivity (Wildman–Crippen MR) is 63.6 cm³/mol. The Morgan fingerprint density at radius 1 is 1.50 bits per heavy atom. The number of hydrogen-bond acceptors (Lipinski definition) is 6. The van der Waals surface area contributed by atoms with E-state index in [1.54, 1.807) is 19.9 Å². The van der Waals surface area contributed by atoms with Gasteiger partial charge in [0.1, 0.15) is 0 Å². The van der Waals surface area contributed by atoms with Crippen molar-refractivity contribution in [2.45, 2.75) is 20.4 Å². The number of nitrogens with zero attached hydrogens (tertiary/aromatic N) is 3. The summed E-state index contributed by atoms with van der Waals surface area (Å²) in [4.78, 5) is 19.9. The minimum atomic E-state index is -0.269. The first-order valence-corrected chi connectivity index (χ1v) is 5.36. The van der Waals surface area contributed by atoms with Crippen molar-refractivity contribution in [2.75, 3.05) is 5.73 Å². The molecule has 0 saturated heterocycles. The van der Waals surface area contributed by atoms with E-state index in [9.17, 15) is 4.79 Å². The van der Waals surface area contributed by atoms with E-state index >= 15 is 0 Å². The molecule has 2 rings (SSSR count). The molecule has 2 aromatic rings. The lowest BCUT2D eigenvalue weighted by atomic mass is 10.2. The first-order valence-electron chi connectivity index (χ1n) is 5.36. The highest BCUT2D eigenvalue weighted by Crippen LogP contribution is 2.09. The highest BCUT2D eigenvalue weighted by Gasteiger charge is 2.11. The fraction of sp³-hybridized carbons (Fsp3) is 0.273. The zero-order chi connectivity index (χ0) is 13.1. The Hall–Kier alpha value is -2.44. The Kier molecular flexibility index (Phi) is 3.22. The summed E-state index contributed by atoms with van der Waals surface area (Å²) in [5.41, 5.74) is 7.10. The topological polar surface area (TPSA) is 107 Å². The molecule has 0 fully saturated rings. The molecular weight excluding hydrogens is 234 g/mol. The maximum absolute atomic E-state index is 11.9. The second kappa shape index (κ2) is 4.82. The van der Waals surface area contributed by atoms with E-state index in [2.05, 4.69) is 20.4 Å². The van der Waals surface area contributed by atoms with Crippen LogP contribution in [0.5, 0.6) is 0 Å². The maximum atomic E-state index is 11.9. The molecule has 94 valence electrons. The zero-order valence-corrected chi connectivity index (χ0v) is 10.1. The molecule has 7 heteroatoms. The molecular formula is C11H13N5O2. The summed E-state index contributed by atoms with van der Waals surface area (Å²) in [6, 6.07) is 1.58. The van der Waals surface area contributed by atoms with Crippen molar-refractivity contribution >= 4 is 11.6 Å². The number of aryl methyl sites for hydroxylation is 2. The van der Waals surface area contributed by atoms with Gasteiger partial charge >= 0.3 is 0 Å². The van der Waals surface area contributed by atoms with E-state index in [1.807, 2.05) is 0 Å². The number of anilines is 1. The van der Waals surface area contributed by atoms with Gasteiger partial charge in [-0.25, -0.2) is 0 Å². The van der Waals surface area contributed by atoms with Gasteiger partial charge in [0.15, 0.2) is 5.82 Å². The molecule has 0 atom stereocenters. The number of nitrogen functional groups attached to an aromatic ring is 1. The lowest BCUT2D eigenvalue weighted by Gasteiger charge is -2.05. The molecule has 0 aliphatic carbocycles. The minimum absolute atomic E-state index is 0.199. The van der Waals surface area contributed by atoms with Crippen molar-refractivity contribution in [3.05, 3.63) is 35.2 Å². The highest BCUT2D eigenvalue weighted by molar-refractivity contribution is 5.95. The van der Waals surface area contributed by atoms with Gasteiger partial charge in [-0.3, -0.25) is 9.78 Å². The van der Waals surface area contributed by atoms with Gasteiger partial charge in [0, 0.05) is 6.92 Å². The van der Waals surface area contributed by atoms with Crippen LogP contribution in [0.15, 0.2) is 16.8 Å². The summed E-state index contributed by atoms with van der Waals surface area (Å²) < 4.78 is 4.80. The number of hydrogen-bond donors (Lipinski definition) is 2. The van der Waals surface area contributed by atoms with Crippen LogP contribution < -0.4 is 11.1 Å². The molecule has 0 radical (unpaired) electrons. The van der Waals surface area contributed by atoms with E-state index in [0.29, 0.717) is 28.7 Å². The first-order chi connectivity index (χ1) is 8.56. The molecule has 2 heterocycles. The van der Waals surface area contributed by atoms with Crippen LogP contribution >= 0.6 is 0 Å². The summed E-state index contributed by atoms with van der Waals surface area (Å²) in [5, 5.41) is 6.36. The fourth-order valence-corrected chi connectivity index (χ4v) is 1.45. The summed E-state index contributed by atoms with van der Waals surface area (Å²) >= 11 is 0. The zero-order valence-electron chi connectivity index (χ0n) is 10.1. The van der Waals surface area contributed by atoms with E-state index in [4.69, 9.17) is 10.3 Å². The van der Waals surface area contributed by atoms with E-state index in [0.717, 1.165) is 0 Å². The van der Waals surface area contributed by atoms with Gasteiger partial charge in [0.2, 0.25) is 5.89 Å². The molecule has 0 spiro atoms. The van der Waals surface area contributed by atoms with E-state index < -0.39 is 0 Å². The molecule has 18 heavy (non-hydrogen) atoms. The average Bonchev–Trinajstić information content (AvgIpc) is 2.75. The molecule has 0 bridgehead atoms. The monoisotopic (exact) mass is 247 g/mol. The molecule has 1 amide bonds. The molecule has 0 aromatic carbocycles. The van der Waals surface area contributed by atoms with Crippen LogP contribution in [-0.4, -0.2) is 21.0 Å². The van der Waals surface area contributed by atoms with Gasteiger partial charge in [-0.05, 0) is 13.0 Å². The number of carbonyl (C=O) groups excluding carboxylic acids is 1. The van der Waals surface area contributed by atoms with Crippen molar-refractivity contribution in [1.82, 2.24) is 20.4 Å². The van der Waals surface area contributed by atoms with Crippen molar-refractivity contribution in [2.24, 2.45) is 0 Å². The fourth-order valence-electron chi connectivity index (χ4n) is 1.45. The second-order valence-corrected chi connectivity index (χ2v) is 3.81. The Balaban J connectivity index is 2.05. The Morgan fingerprint density at radius 3 is 2.94 bits per heavy atom. The molecule has 0 aliphatic heterocycles. The standard InChI is InChI=1S/C11H13N5O2/c1-6-9(3-8(12)4-13-6)11(17)14-5-10-15-7(2)18-16-10/h3-4H,5,12H2,1-2H3,(H,14,17). The van der Waals surface area contributed by atoms with Gasteiger partial charge in [0.05, 0.1) is 29.7 Å². The van der Waals surface area contributed by atoms with Crippen molar-refractivity contribution < 1.29 is 9.32 Å². The number of nitrogens with two attached hydrogens (primary N) is 1. The van der Waals surface area contributed by atoms with Crippen LogP contribution in [0.3, 0.4) is 0 Å². The third-order valence-corrected chi connectivity index (χ3v) is 2.33. The quantitative estimate of drug-likeness (QED) is 0.822. The van der Waals surface area contributed by atoms with Crippen LogP contribution in [0.25, 0.3) is 0 Å². The Bertz CT molecular complexity index is 579. The molecule has 3 N–H and O–H groups in total. The van der Waals surface area contributed by atoms with Crippen molar-refractivity contribution in [1.29, 1.82) is 0 Å². The summed E-state index contributed by atoms with van der Waals surface area (Å²) in [6.45, 7) is 3.63. The highest BCUT2D eigenvalue weighted by atomic mass is 16.5. The van der Waals surface area contributed by atoms with E-state index in [1.165, 1.54) is 6.20 Å². The Labute approximate surface area is 103 Å². The molecule has 2 aromatic heterocycles. The molecule has 0 saturated carbocycles. The van der Waals surface area contributed by atoms with Gasteiger partial charge in [-0.2, -0.15) is 4.98 Å². The largest absolute Gasteiger partial charge is 0.397 e. The van der Waals surface area contributed by atoms with E-state index in [-0.39, 0.29) is 12.5 Å². The molecule has 0 unspecified atom stereocenters. The summed E-state index contributed by atoms with van der Waals surface area (Å²) in [7, 11) is 0. The summed E-state index contributed by atoms with van der Waals surface area (Å²) in [5.74, 6) is 0.617. The lowest BCUT2D eigenvalue weighted by molar-refractivity contribution is 0.0948. The Morgan fingerprint density at radius 2 is 2.28 bits per heavy atom. The minimum Gasteiger partial charge on any atom is -0.397 e. The van der Waals surface area contributed by atoms with Gasteiger partial charge < -0.3 is 15.6 Å². The van der Waals surface area contributed by atoms with Gasteiger partial charge in [-0.1, -0.05) is 5.16 Å². The summed E-state index contributed by atoms with van der Waals surface area (Å²) in [6.07, 6.45) is 1.51. The van der Waals surface area contributed by atoms with Crippen LogP contribution in [0.2, 0.25) is 0 Å². The normalized spacial score (nSPS) is 10.3. The third-order valence-electron chi connectivity index (χ3n) is 2.33. The second-order valence-electron chi connectivity index (χ2n) is 3.81. The van der Waals surface area contributed by atoms with Crippen LogP contribution in [0, 0.1) is 13.8 Å². The number of carbonyl (C=O) groups is 1. The van der Waals surface area contributed by atoms with Crippen molar-refractivity contribution in [3.8, 4) is 0 Å². The van der Waals surface area contributed by atoms with Crippen LogP contribution in [-0.2, 0) is 6.54 Å². The molecule has 0 aliphatic rings. The van der Waals surface area contributed by atoms with Crippen LogP contribution in [0.1, 0.15) is 27.8 Å². The third kappa shape index (κ3) is 2.62. The lowest BCUT2D eigenvalue weighted by Crippen LogP contribution is -2.24.